The van der Waals surface area contributed by atoms with Gasteiger partial charge in [0, 0.05) is 39.4 Å². The number of nitrogens with zero attached hydrogens (tertiary/aromatic N) is 3. The second kappa shape index (κ2) is 11.1. The Kier molecular flexibility index (Phi) is 8.23. The maximum absolute atomic E-state index is 10.4. The highest BCUT2D eigenvalue weighted by molar-refractivity contribution is 5.65. The number of rotatable bonds is 11. The van der Waals surface area contributed by atoms with Crippen molar-refractivity contribution in [3.63, 3.8) is 0 Å². The molecule has 3 aromatic rings. The van der Waals surface area contributed by atoms with Gasteiger partial charge in [0.25, 0.3) is 0 Å². The maximum atomic E-state index is 10.4. The lowest BCUT2D eigenvalue weighted by Gasteiger charge is -2.27. The van der Waals surface area contributed by atoms with Crippen molar-refractivity contribution < 1.29 is 14.6 Å². The van der Waals surface area contributed by atoms with E-state index in [1.54, 1.807) is 11.8 Å². The number of para-hydroxylation sites is 1. The number of methoxy groups -OCH3 is 1. The zero-order valence-corrected chi connectivity index (χ0v) is 18.9. The quantitative estimate of drug-likeness (QED) is 0.497. The Hall–Kier alpha value is -2.67. The summed E-state index contributed by atoms with van der Waals surface area (Å²) in [5.74, 6) is 1.92. The van der Waals surface area contributed by atoms with Crippen molar-refractivity contribution in [2.24, 2.45) is 13.0 Å². The third-order valence-corrected chi connectivity index (χ3v) is 4.93. The molecule has 1 aromatic heterocycles. The smallest absolute Gasteiger partial charge is 0.222 e. The zero-order valence-electron chi connectivity index (χ0n) is 18.9. The number of aryl methyl sites for hydroxylation is 1. The summed E-state index contributed by atoms with van der Waals surface area (Å²) in [7, 11) is 3.51. The van der Waals surface area contributed by atoms with E-state index in [0.717, 1.165) is 29.1 Å². The summed E-state index contributed by atoms with van der Waals surface area (Å²) in [5.41, 5.74) is 2.93. The molecule has 0 amide bonds. The zero-order chi connectivity index (χ0) is 22.2. The Morgan fingerprint density at radius 2 is 1.65 bits per heavy atom. The average Bonchev–Trinajstić information content (AvgIpc) is 3.04. The van der Waals surface area contributed by atoms with Crippen LogP contribution in [0.3, 0.4) is 0 Å². The molecular weight excluding hydrogens is 390 g/mol. The molecule has 0 radical (unpaired) electrons. The van der Waals surface area contributed by atoms with Crippen LogP contribution in [0.25, 0.3) is 11.3 Å². The lowest BCUT2D eigenvalue weighted by atomic mass is 10.1. The highest BCUT2D eigenvalue weighted by atomic mass is 16.5. The molecule has 0 aliphatic carbocycles. The molecule has 0 fully saturated rings. The van der Waals surface area contributed by atoms with Crippen molar-refractivity contribution in [1.82, 2.24) is 14.7 Å². The minimum atomic E-state index is -0.556. The van der Waals surface area contributed by atoms with Crippen molar-refractivity contribution in [3.8, 4) is 22.9 Å². The van der Waals surface area contributed by atoms with E-state index in [1.165, 1.54) is 0 Å². The molecule has 0 unspecified atom stereocenters. The summed E-state index contributed by atoms with van der Waals surface area (Å²) in [5, 5.41) is 15.2. The van der Waals surface area contributed by atoms with Crippen molar-refractivity contribution in [3.05, 3.63) is 66.2 Å². The monoisotopic (exact) mass is 423 g/mol. The number of benzene rings is 2. The van der Waals surface area contributed by atoms with Gasteiger partial charge in [-0.1, -0.05) is 62.4 Å². The third-order valence-electron chi connectivity index (χ3n) is 4.93. The van der Waals surface area contributed by atoms with Crippen LogP contribution in [0.1, 0.15) is 19.4 Å². The van der Waals surface area contributed by atoms with Crippen LogP contribution in [0.5, 0.6) is 11.6 Å². The number of aromatic nitrogens is 2. The van der Waals surface area contributed by atoms with Crippen LogP contribution in [0.2, 0.25) is 0 Å². The van der Waals surface area contributed by atoms with Gasteiger partial charge in [0.1, 0.15) is 11.4 Å². The van der Waals surface area contributed by atoms with Gasteiger partial charge in [-0.05, 0) is 18.1 Å². The molecule has 0 aliphatic rings. The van der Waals surface area contributed by atoms with Crippen LogP contribution >= 0.6 is 0 Å². The molecule has 0 spiro atoms. The normalized spacial score (nSPS) is 12.5. The van der Waals surface area contributed by atoms with Gasteiger partial charge in [0.15, 0.2) is 0 Å². The van der Waals surface area contributed by atoms with Gasteiger partial charge >= 0.3 is 0 Å². The van der Waals surface area contributed by atoms with E-state index in [9.17, 15) is 5.11 Å². The predicted octanol–water partition coefficient (Wildman–Crippen LogP) is 4.34. The number of aliphatic hydroxyl groups excluding tert-OH is 1. The minimum absolute atomic E-state index is 0.306. The summed E-state index contributed by atoms with van der Waals surface area (Å²) in [6, 6.07) is 19.9. The summed E-state index contributed by atoms with van der Waals surface area (Å²) < 4.78 is 13.2. The standard InChI is InChI=1S/C25H33N3O3/c1-19(2)15-28(16-21(29)18-30-4)17-23-24(20-11-7-5-8-12-20)26-27(3)25(23)31-22-13-9-6-10-14-22/h5-14,19,21,29H,15-18H2,1-4H3/t21-/m1/s1. The van der Waals surface area contributed by atoms with E-state index < -0.39 is 6.10 Å². The molecule has 0 bridgehead atoms. The van der Waals surface area contributed by atoms with Crippen molar-refractivity contribution >= 4 is 0 Å². The molecule has 3 rings (SSSR count). The fourth-order valence-corrected chi connectivity index (χ4v) is 3.74. The average molecular weight is 424 g/mol. The first-order chi connectivity index (χ1) is 15.0. The second-order valence-corrected chi connectivity index (χ2v) is 8.23. The van der Waals surface area contributed by atoms with Crippen LogP contribution in [0.4, 0.5) is 0 Å². The molecule has 6 nitrogen and oxygen atoms in total. The third kappa shape index (κ3) is 6.40. The molecule has 1 heterocycles. The largest absolute Gasteiger partial charge is 0.439 e. The molecule has 1 N–H and O–H groups in total. The Bertz CT molecular complexity index is 926. The van der Waals surface area contributed by atoms with E-state index in [1.807, 2.05) is 55.6 Å². The van der Waals surface area contributed by atoms with Crippen LogP contribution in [0, 0.1) is 5.92 Å². The molecule has 0 aliphatic heterocycles. The summed E-state index contributed by atoms with van der Waals surface area (Å²) in [6.45, 7) is 6.63. The molecule has 6 heteroatoms. The van der Waals surface area contributed by atoms with Gasteiger partial charge in [-0.2, -0.15) is 5.10 Å². The van der Waals surface area contributed by atoms with Crippen LogP contribution in [-0.4, -0.2) is 52.7 Å². The van der Waals surface area contributed by atoms with E-state index >= 15 is 0 Å². The number of hydrogen-bond donors (Lipinski definition) is 1. The molecule has 31 heavy (non-hydrogen) atoms. The van der Waals surface area contributed by atoms with Gasteiger partial charge in [-0.25, -0.2) is 4.68 Å². The first kappa shape index (κ1) is 23.0. The minimum Gasteiger partial charge on any atom is -0.439 e. The van der Waals surface area contributed by atoms with Gasteiger partial charge in [0.2, 0.25) is 5.88 Å². The van der Waals surface area contributed by atoms with E-state index in [4.69, 9.17) is 14.6 Å². The second-order valence-electron chi connectivity index (χ2n) is 8.23. The summed E-state index contributed by atoms with van der Waals surface area (Å²) in [4.78, 5) is 2.25. The van der Waals surface area contributed by atoms with Crippen molar-refractivity contribution in [2.45, 2.75) is 26.5 Å². The summed E-state index contributed by atoms with van der Waals surface area (Å²) >= 11 is 0. The fraction of sp³-hybridized carbons (Fsp3) is 0.400. The van der Waals surface area contributed by atoms with Crippen molar-refractivity contribution in [1.29, 1.82) is 0 Å². The van der Waals surface area contributed by atoms with Crippen molar-refractivity contribution in [2.75, 3.05) is 26.8 Å². The molecule has 0 saturated carbocycles. The summed E-state index contributed by atoms with van der Waals surface area (Å²) in [6.07, 6.45) is -0.556. The van der Waals surface area contributed by atoms with Crippen LogP contribution in [0.15, 0.2) is 60.7 Å². The topological polar surface area (TPSA) is 59.8 Å². The Balaban J connectivity index is 1.99. The Labute approximate surface area is 185 Å². The maximum Gasteiger partial charge on any atom is 0.222 e. The highest BCUT2D eigenvalue weighted by Gasteiger charge is 2.23. The fourth-order valence-electron chi connectivity index (χ4n) is 3.74. The van der Waals surface area contributed by atoms with E-state index in [-0.39, 0.29) is 0 Å². The molecule has 1 atom stereocenters. The lowest BCUT2D eigenvalue weighted by Crippen LogP contribution is -2.36. The Morgan fingerprint density at radius 1 is 1.00 bits per heavy atom. The molecular formula is C25H33N3O3. The van der Waals surface area contributed by atoms with Gasteiger partial charge in [-0.3, -0.25) is 4.90 Å². The number of ether oxygens (including phenoxy) is 2. The van der Waals surface area contributed by atoms with Crippen LogP contribution < -0.4 is 4.74 Å². The number of hydrogen-bond acceptors (Lipinski definition) is 5. The Morgan fingerprint density at radius 3 is 2.26 bits per heavy atom. The lowest BCUT2D eigenvalue weighted by molar-refractivity contribution is 0.0330. The number of aliphatic hydroxyl groups is 1. The molecule has 0 saturated heterocycles. The first-order valence-electron chi connectivity index (χ1n) is 10.7. The molecule has 2 aromatic carbocycles. The van der Waals surface area contributed by atoms with Gasteiger partial charge in [0.05, 0.1) is 18.3 Å². The van der Waals surface area contributed by atoms with E-state index in [2.05, 4.69) is 30.9 Å². The van der Waals surface area contributed by atoms with Gasteiger partial charge < -0.3 is 14.6 Å². The predicted molar refractivity (Wildman–Crippen MR) is 123 cm³/mol. The van der Waals surface area contributed by atoms with E-state index in [0.29, 0.717) is 31.5 Å². The SMILES string of the molecule is COC[C@H](O)CN(Cc1c(-c2ccccc2)nn(C)c1Oc1ccccc1)CC(C)C. The highest BCUT2D eigenvalue weighted by Crippen LogP contribution is 2.34. The molecule has 166 valence electrons. The first-order valence-corrected chi connectivity index (χ1v) is 10.7. The van der Waals surface area contributed by atoms with Crippen LogP contribution in [-0.2, 0) is 18.3 Å². The van der Waals surface area contributed by atoms with Gasteiger partial charge in [-0.15, -0.1) is 0 Å².